The Morgan fingerprint density at radius 1 is 1.77 bits per heavy atom. The second-order valence-corrected chi connectivity index (χ2v) is 4.36. The first-order valence-electron chi connectivity index (χ1n) is 4.73. The van der Waals surface area contributed by atoms with E-state index in [1.54, 1.807) is 0 Å². The van der Waals surface area contributed by atoms with Gasteiger partial charge in [-0.1, -0.05) is 0 Å². The van der Waals surface area contributed by atoms with Gasteiger partial charge in [-0.15, -0.1) is 0 Å². The topological polar surface area (TPSA) is 29.9 Å². The Balaban J connectivity index is 2.05. The van der Waals surface area contributed by atoms with Crippen LogP contribution in [0.15, 0.2) is 12.4 Å². The quantitative estimate of drug-likeness (QED) is 0.774. The average molecular weight is 197 g/mol. The number of nitrogens with zero attached hydrogens (tertiary/aromatic N) is 2. The molecule has 1 fully saturated rings. The van der Waals surface area contributed by atoms with Crippen LogP contribution in [0.3, 0.4) is 0 Å². The highest BCUT2D eigenvalue weighted by atomic mass is 32.2. The van der Waals surface area contributed by atoms with E-state index in [1.165, 1.54) is 17.1 Å². The molecular weight excluding hydrogens is 182 g/mol. The van der Waals surface area contributed by atoms with Gasteiger partial charge in [0, 0.05) is 42.4 Å². The van der Waals surface area contributed by atoms with Crippen LogP contribution in [-0.4, -0.2) is 27.8 Å². The molecule has 72 valence electrons. The van der Waals surface area contributed by atoms with Crippen LogP contribution >= 0.6 is 11.8 Å². The van der Waals surface area contributed by atoms with Crippen LogP contribution in [-0.2, 0) is 6.54 Å². The third-order valence-corrected chi connectivity index (χ3v) is 3.36. The molecule has 1 aliphatic rings. The zero-order valence-corrected chi connectivity index (χ0v) is 8.68. The van der Waals surface area contributed by atoms with Gasteiger partial charge in [-0.2, -0.15) is 16.9 Å². The lowest BCUT2D eigenvalue weighted by molar-refractivity contribution is 0.592. The van der Waals surface area contributed by atoms with E-state index in [-0.39, 0.29) is 0 Å². The molecule has 0 bridgehead atoms. The first-order valence-corrected chi connectivity index (χ1v) is 5.89. The van der Waals surface area contributed by atoms with Gasteiger partial charge in [-0.05, 0) is 6.92 Å². The van der Waals surface area contributed by atoms with Crippen LogP contribution in [0.1, 0.15) is 18.5 Å². The maximum absolute atomic E-state index is 4.28. The second-order valence-electron chi connectivity index (χ2n) is 3.21. The molecule has 0 spiro atoms. The molecule has 0 aromatic carbocycles. The molecule has 13 heavy (non-hydrogen) atoms. The van der Waals surface area contributed by atoms with Crippen LogP contribution in [0.4, 0.5) is 0 Å². The summed E-state index contributed by atoms with van der Waals surface area (Å²) < 4.78 is 1.98. The van der Waals surface area contributed by atoms with E-state index in [4.69, 9.17) is 0 Å². The zero-order valence-electron chi connectivity index (χ0n) is 7.86. The number of nitrogens with one attached hydrogen (secondary N) is 1. The summed E-state index contributed by atoms with van der Waals surface area (Å²) in [5.74, 6) is 2.41. The summed E-state index contributed by atoms with van der Waals surface area (Å²) in [7, 11) is 0. The molecule has 4 heteroatoms. The minimum absolute atomic E-state index is 0.513. The third-order valence-electron chi connectivity index (χ3n) is 2.30. The zero-order chi connectivity index (χ0) is 9.10. The maximum Gasteiger partial charge on any atom is 0.0537 e. The molecule has 0 saturated carbocycles. The van der Waals surface area contributed by atoms with Crippen LogP contribution in [0.25, 0.3) is 0 Å². The smallest absolute Gasteiger partial charge is 0.0537 e. The Hall–Kier alpha value is -0.480. The molecule has 1 N–H and O–H groups in total. The fourth-order valence-corrected chi connectivity index (χ4v) is 2.49. The molecule has 1 saturated heterocycles. The van der Waals surface area contributed by atoms with Crippen molar-refractivity contribution in [2.24, 2.45) is 0 Å². The number of rotatable bonds is 2. The van der Waals surface area contributed by atoms with Gasteiger partial charge in [-0.25, -0.2) is 0 Å². The molecule has 1 aromatic rings. The first kappa shape index (κ1) is 9.09. The van der Waals surface area contributed by atoms with E-state index in [2.05, 4.69) is 23.5 Å². The van der Waals surface area contributed by atoms with Gasteiger partial charge in [0.15, 0.2) is 0 Å². The highest BCUT2D eigenvalue weighted by Gasteiger charge is 2.15. The van der Waals surface area contributed by atoms with Crippen molar-refractivity contribution in [2.45, 2.75) is 19.5 Å². The number of thioether (sulfide) groups is 1. The summed E-state index contributed by atoms with van der Waals surface area (Å²) in [6.45, 7) is 4.19. The van der Waals surface area contributed by atoms with Crippen molar-refractivity contribution in [1.29, 1.82) is 0 Å². The molecular formula is C9H15N3S. The number of hydrogen-bond donors (Lipinski definition) is 1. The summed E-state index contributed by atoms with van der Waals surface area (Å²) in [6, 6.07) is 0.513. The summed E-state index contributed by atoms with van der Waals surface area (Å²) in [6.07, 6.45) is 4.12. The van der Waals surface area contributed by atoms with Crippen LogP contribution in [0.5, 0.6) is 0 Å². The molecule has 2 rings (SSSR count). The molecule has 0 amide bonds. The molecule has 0 radical (unpaired) electrons. The average Bonchev–Trinajstić information content (AvgIpc) is 2.67. The van der Waals surface area contributed by atoms with E-state index in [1.807, 2.05) is 22.6 Å². The molecule has 1 aromatic heterocycles. The van der Waals surface area contributed by atoms with Crippen molar-refractivity contribution in [3.63, 3.8) is 0 Å². The lowest BCUT2D eigenvalue weighted by Crippen LogP contribution is -2.29. The van der Waals surface area contributed by atoms with Gasteiger partial charge in [0.05, 0.1) is 6.20 Å². The molecule has 2 heterocycles. The number of aryl methyl sites for hydroxylation is 1. The minimum Gasteiger partial charge on any atom is -0.308 e. The van der Waals surface area contributed by atoms with Crippen LogP contribution < -0.4 is 5.32 Å². The Bertz CT molecular complexity index is 266. The Morgan fingerprint density at radius 2 is 2.69 bits per heavy atom. The van der Waals surface area contributed by atoms with Crippen molar-refractivity contribution < 1.29 is 0 Å². The summed E-state index contributed by atoms with van der Waals surface area (Å²) in [5, 5.41) is 7.78. The van der Waals surface area contributed by atoms with Gasteiger partial charge in [0.25, 0.3) is 0 Å². The molecule has 1 atom stereocenters. The Kier molecular flexibility index (Phi) is 2.90. The normalized spacial score (nSPS) is 23.3. The second kappa shape index (κ2) is 4.15. The maximum atomic E-state index is 4.28. The SMILES string of the molecule is CCn1cc([C@H]2CSCCN2)cn1. The van der Waals surface area contributed by atoms with Gasteiger partial charge >= 0.3 is 0 Å². The Labute approximate surface area is 82.9 Å². The first-order chi connectivity index (χ1) is 6.40. The van der Waals surface area contributed by atoms with Crippen LogP contribution in [0.2, 0.25) is 0 Å². The summed E-state index contributed by atoms with van der Waals surface area (Å²) in [4.78, 5) is 0. The summed E-state index contributed by atoms with van der Waals surface area (Å²) >= 11 is 2.02. The van der Waals surface area contributed by atoms with E-state index in [9.17, 15) is 0 Å². The van der Waals surface area contributed by atoms with Crippen molar-refractivity contribution in [2.75, 3.05) is 18.1 Å². The van der Waals surface area contributed by atoms with E-state index < -0.39 is 0 Å². The van der Waals surface area contributed by atoms with E-state index >= 15 is 0 Å². The summed E-state index contributed by atoms with van der Waals surface area (Å²) in [5.41, 5.74) is 1.33. The molecule has 1 aliphatic heterocycles. The predicted octanol–water partition coefficient (Wildman–Crippen LogP) is 1.28. The highest BCUT2D eigenvalue weighted by molar-refractivity contribution is 7.99. The number of hydrogen-bond acceptors (Lipinski definition) is 3. The fraction of sp³-hybridized carbons (Fsp3) is 0.667. The van der Waals surface area contributed by atoms with Crippen molar-refractivity contribution >= 4 is 11.8 Å². The van der Waals surface area contributed by atoms with Gasteiger partial charge in [0.1, 0.15) is 0 Å². The van der Waals surface area contributed by atoms with Crippen molar-refractivity contribution in [3.8, 4) is 0 Å². The third kappa shape index (κ3) is 2.06. The van der Waals surface area contributed by atoms with E-state index in [0.717, 1.165) is 13.1 Å². The highest BCUT2D eigenvalue weighted by Crippen LogP contribution is 2.20. The van der Waals surface area contributed by atoms with Gasteiger partial charge in [-0.3, -0.25) is 4.68 Å². The lowest BCUT2D eigenvalue weighted by atomic mass is 10.2. The lowest BCUT2D eigenvalue weighted by Gasteiger charge is -2.21. The minimum atomic E-state index is 0.513. The predicted molar refractivity (Wildman–Crippen MR) is 56.0 cm³/mol. The Morgan fingerprint density at radius 3 is 3.31 bits per heavy atom. The van der Waals surface area contributed by atoms with Crippen molar-refractivity contribution in [1.82, 2.24) is 15.1 Å². The molecule has 3 nitrogen and oxygen atoms in total. The van der Waals surface area contributed by atoms with E-state index in [0.29, 0.717) is 6.04 Å². The molecule has 0 aliphatic carbocycles. The number of aromatic nitrogens is 2. The van der Waals surface area contributed by atoms with Crippen LogP contribution in [0, 0.1) is 0 Å². The molecule has 0 unspecified atom stereocenters. The standard InChI is InChI=1S/C9H15N3S/c1-2-12-6-8(5-11-12)9-7-13-4-3-10-9/h5-6,9-10H,2-4,7H2,1H3/t9-/m1/s1. The fourth-order valence-electron chi connectivity index (χ4n) is 1.51. The monoisotopic (exact) mass is 197 g/mol. The van der Waals surface area contributed by atoms with Gasteiger partial charge in [0.2, 0.25) is 0 Å². The van der Waals surface area contributed by atoms with Gasteiger partial charge < -0.3 is 5.32 Å². The van der Waals surface area contributed by atoms with Crippen molar-refractivity contribution in [3.05, 3.63) is 18.0 Å². The largest absolute Gasteiger partial charge is 0.308 e.